The normalized spacial score (nSPS) is 10.2. The maximum atomic E-state index is 5.82. The van der Waals surface area contributed by atoms with Crippen molar-refractivity contribution in [2.75, 3.05) is 24.2 Å². The molecule has 0 saturated heterocycles. The summed E-state index contributed by atoms with van der Waals surface area (Å²) in [7, 11) is 0. The van der Waals surface area contributed by atoms with Gasteiger partial charge in [0, 0.05) is 24.9 Å². The fraction of sp³-hybridized carbons (Fsp3) is 0.333. The van der Waals surface area contributed by atoms with Crippen molar-refractivity contribution in [3.63, 3.8) is 0 Å². The largest absolute Gasteiger partial charge is 0.476 e. The van der Waals surface area contributed by atoms with Gasteiger partial charge in [-0.1, -0.05) is 13.0 Å². The van der Waals surface area contributed by atoms with E-state index in [-0.39, 0.29) is 0 Å². The van der Waals surface area contributed by atoms with E-state index in [2.05, 4.69) is 15.3 Å². The minimum Gasteiger partial charge on any atom is -0.476 e. The molecule has 0 aromatic carbocycles. The van der Waals surface area contributed by atoms with Crippen LogP contribution < -0.4 is 15.8 Å². The Morgan fingerprint density at radius 1 is 1.25 bits per heavy atom. The van der Waals surface area contributed by atoms with Crippen molar-refractivity contribution >= 4 is 11.5 Å². The Morgan fingerprint density at radius 2 is 2.15 bits per heavy atom. The fourth-order valence-corrected chi connectivity index (χ4v) is 1.73. The van der Waals surface area contributed by atoms with E-state index in [1.807, 2.05) is 31.2 Å². The third-order valence-electron chi connectivity index (χ3n) is 2.75. The average molecular weight is 272 g/mol. The van der Waals surface area contributed by atoms with Crippen LogP contribution in [0.25, 0.3) is 0 Å². The summed E-state index contributed by atoms with van der Waals surface area (Å²) in [5, 5.41) is 3.25. The predicted molar refractivity (Wildman–Crippen MR) is 80.9 cm³/mol. The van der Waals surface area contributed by atoms with Crippen LogP contribution in [0, 0.1) is 0 Å². The topological polar surface area (TPSA) is 73.1 Å². The van der Waals surface area contributed by atoms with E-state index in [9.17, 15) is 0 Å². The van der Waals surface area contributed by atoms with E-state index >= 15 is 0 Å². The van der Waals surface area contributed by atoms with Crippen LogP contribution in [0.15, 0.2) is 36.5 Å². The van der Waals surface area contributed by atoms with Crippen LogP contribution in [0.4, 0.5) is 11.5 Å². The second-order valence-electron chi connectivity index (χ2n) is 4.44. The lowest BCUT2D eigenvalue weighted by molar-refractivity contribution is 0.307. The van der Waals surface area contributed by atoms with Gasteiger partial charge in [-0.25, -0.2) is 0 Å². The number of aromatic nitrogens is 2. The molecule has 2 rings (SSSR count). The van der Waals surface area contributed by atoms with Gasteiger partial charge in [-0.2, -0.15) is 4.98 Å². The number of pyridine rings is 2. The van der Waals surface area contributed by atoms with Gasteiger partial charge in [-0.15, -0.1) is 0 Å². The van der Waals surface area contributed by atoms with Gasteiger partial charge in [0.25, 0.3) is 0 Å². The maximum Gasteiger partial charge on any atom is 0.239 e. The van der Waals surface area contributed by atoms with Crippen LogP contribution in [0.2, 0.25) is 0 Å². The zero-order valence-electron chi connectivity index (χ0n) is 11.7. The summed E-state index contributed by atoms with van der Waals surface area (Å²) in [5.74, 6) is 1.26. The van der Waals surface area contributed by atoms with Crippen LogP contribution in [0.5, 0.6) is 5.88 Å². The van der Waals surface area contributed by atoms with Gasteiger partial charge < -0.3 is 15.8 Å². The molecule has 0 radical (unpaired) electrons. The zero-order chi connectivity index (χ0) is 14.2. The molecular weight excluding hydrogens is 252 g/mol. The lowest BCUT2D eigenvalue weighted by Crippen LogP contribution is -2.09. The molecular formula is C15H20N4O. The molecule has 2 heterocycles. The van der Waals surface area contributed by atoms with Crippen molar-refractivity contribution in [2.24, 2.45) is 0 Å². The molecule has 0 atom stereocenters. The smallest absolute Gasteiger partial charge is 0.239 e. The molecule has 0 spiro atoms. The van der Waals surface area contributed by atoms with Crippen molar-refractivity contribution in [3.05, 3.63) is 42.2 Å². The second-order valence-corrected chi connectivity index (χ2v) is 4.44. The quantitative estimate of drug-likeness (QED) is 0.810. The summed E-state index contributed by atoms with van der Waals surface area (Å²) in [6.45, 7) is 3.43. The van der Waals surface area contributed by atoms with Gasteiger partial charge in [0.2, 0.25) is 5.88 Å². The Morgan fingerprint density at radius 3 is 2.90 bits per heavy atom. The molecule has 0 bridgehead atoms. The van der Waals surface area contributed by atoms with E-state index in [1.54, 1.807) is 12.3 Å². The number of hydrogen-bond acceptors (Lipinski definition) is 5. The summed E-state index contributed by atoms with van der Waals surface area (Å²) >= 11 is 0. The molecule has 0 unspecified atom stereocenters. The van der Waals surface area contributed by atoms with Crippen LogP contribution in [-0.4, -0.2) is 23.1 Å². The van der Waals surface area contributed by atoms with E-state index in [4.69, 9.17) is 10.5 Å². The van der Waals surface area contributed by atoms with Gasteiger partial charge in [-0.3, -0.25) is 4.98 Å². The maximum absolute atomic E-state index is 5.82. The highest BCUT2D eigenvalue weighted by molar-refractivity contribution is 5.53. The highest BCUT2D eigenvalue weighted by atomic mass is 16.5. The molecule has 0 aliphatic carbocycles. The number of anilines is 2. The first-order chi connectivity index (χ1) is 9.79. The van der Waals surface area contributed by atoms with E-state index in [0.29, 0.717) is 18.2 Å². The van der Waals surface area contributed by atoms with E-state index in [0.717, 1.165) is 30.9 Å². The highest BCUT2D eigenvalue weighted by Gasteiger charge is 2.04. The second kappa shape index (κ2) is 7.33. The SMILES string of the molecule is CCCOc1nc(NCCc2ccccn2)ccc1N. The van der Waals surface area contributed by atoms with Crippen molar-refractivity contribution in [3.8, 4) is 5.88 Å². The first kappa shape index (κ1) is 14.1. The molecule has 0 saturated carbocycles. The molecule has 0 aliphatic heterocycles. The Labute approximate surface area is 119 Å². The van der Waals surface area contributed by atoms with Gasteiger partial charge in [0.15, 0.2) is 0 Å². The van der Waals surface area contributed by atoms with Crippen LogP contribution in [0.1, 0.15) is 19.0 Å². The molecule has 5 nitrogen and oxygen atoms in total. The Kier molecular flexibility index (Phi) is 5.17. The number of nitrogens with zero attached hydrogens (tertiary/aromatic N) is 2. The first-order valence-electron chi connectivity index (χ1n) is 6.82. The lowest BCUT2D eigenvalue weighted by Gasteiger charge is -2.10. The molecule has 0 amide bonds. The minimum atomic E-state index is 0.495. The van der Waals surface area contributed by atoms with Crippen molar-refractivity contribution in [2.45, 2.75) is 19.8 Å². The standard InChI is InChI=1S/C15H20N4O/c1-2-11-20-15-13(16)6-7-14(19-15)18-10-8-12-5-3-4-9-17-12/h3-7,9H,2,8,10-11,16H2,1H3,(H,18,19). The summed E-state index contributed by atoms with van der Waals surface area (Å²) in [5.41, 5.74) is 7.44. The highest BCUT2D eigenvalue weighted by Crippen LogP contribution is 2.20. The Balaban J connectivity index is 1.89. The zero-order valence-corrected chi connectivity index (χ0v) is 11.7. The third-order valence-corrected chi connectivity index (χ3v) is 2.75. The minimum absolute atomic E-state index is 0.495. The predicted octanol–water partition coefficient (Wildman–Crippen LogP) is 2.50. The first-order valence-corrected chi connectivity index (χ1v) is 6.82. The monoisotopic (exact) mass is 272 g/mol. The number of rotatable bonds is 7. The molecule has 5 heteroatoms. The summed E-state index contributed by atoms with van der Waals surface area (Å²) in [6, 6.07) is 9.57. The van der Waals surface area contributed by atoms with Gasteiger partial charge in [-0.05, 0) is 30.7 Å². The van der Waals surface area contributed by atoms with Gasteiger partial charge in [0.05, 0.1) is 12.3 Å². The average Bonchev–Trinajstić information content (AvgIpc) is 2.49. The number of nitrogens with one attached hydrogen (secondary N) is 1. The fourth-order valence-electron chi connectivity index (χ4n) is 1.73. The number of ether oxygens (including phenoxy) is 1. The summed E-state index contributed by atoms with van der Waals surface area (Å²) in [4.78, 5) is 8.64. The lowest BCUT2D eigenvalue weighted by atomic mass is 10.3. The van der Waals surface area contributed by atoms with Gasteiger partial charge >= 0.3 is 0 Å². The molecule has 0 aliphatic rings. The van der Waals surface area contributed by atoms with Crippen molar-refractivity contribution in [1.29, 1.82) is 0 Å². The molecule has 2 aromatic rings. The third kappa shape index (κ3) is 4.12. The van der Waals surface area contributed by atoms with E-state index in [1.165, 1.54) is 0 Å². The number of nitrogens with two attached hydrogens (primary N) is 1. The molecule has 3 N–H and O–H groups in total. The number of nitrogen functional groups attached to an aromatic ring is 1. The Bertz CT molecular complexity index is 531. The molecule has 106 valence electrons. The Hall–Kier alpha value is -2.30. The van der Waals surface area contributed by atoms with Crippen molar-refractivity contribution < 1.29 is 4.74 Å². The van der Waals surface area contributed by atoms with Crippen molar-refractivity contribution in [1.82, 2.24) is 9.97 Å². The molecule has 2 aromatic heterocycles. The molecule has 20 heavy (non-hydrogen) atoms. The summed E-state index contributed by atoms with van der Waals surface area (Å²) < 4.78 is 5.50. The van der Waals surface area contributed by atoms with Crippen LogP contribution >= 0.6 is 0 Å². The number of hydrogen-bond donors (Lipinski definition) is 2. The molecule has 0 fully saturated rings. The van der Waals surface area contributed by atoms with Crippen LogP contribution in [-0.2, 0) is 6.42 Å². The van der Waals surface area contributed by atoms with Gasteiger partial charge in [0.1, 0.15) is 5.82 Å². The van der Waals surface area contributed by atoms with Crippen LogP contribution in [0.3, 0.4) is 0 Å². The summed E-state index contributed by atoms with van der Waals surface area (Å²) in [6.07, 6.45) is 3.57. The van der Waals surface area contributed by atoms with E-state index < -0.39 is 0 Å².